The summed E-state index contributed by atoms with van der Waals surface area (Å²) in [7, 11) is 0. The van der Waals surface area contributed by atoms with Crippen LogP contribution in [0.25, 0.3) is 0 Å². The number of hydrogen-bond donors (Lipinski definition) is 0. The van der Waals surface area contributed by atoms with Gasteiger partial charge in [-0.1, -0.05) is 18.2 Å². The van der Waals surface area contributed by atoms with Crippen molar-refractivity contribution in [2.45, 2.75) is 12.6 Å². The van der Waals surface area contributed by atoms with Gasteiger partial charge in [-0.25, -0.2) is 4.99 Å². The lowest BCUT2D eigenvalue weighted by Gasteiger charge is -2.27. The van der Waals surface area contributed by atoms with Crippen molar-refractivity contribution in [1.29, 1.82) is 0 Å². The van der Waals surface area contributed by atoms with Crippen LogP contribution < -0.4 is 0 Å². The van der Waals surface area contributed by atoms with Gasteiger partial charge >= 0.3 is 0 Å². The average molecular weight is 175 g/mol. The van der Waals surface area contributed by atoms with Gasteiger partial charge in [0.2, 0.25) is 5.90 Å². The zero-order valence-corrected chi connectivity index (χ0v) is 7.06. The molecule has 2 bridgehead atoms. The van der Waals surface area contributed by atoms with E-state index in [4.69, 9.17) is 9.47 Å². The molecule has 2 aliphatic rings. The first kappa shape index (κ1) is 7.09. The third kappa shape index (κ3) is 1.04. The van der Waals surface area contributed by atoms with Crippen molar-refractivity contribution in [3.05, 3.63) is 35.4 Å². The smallest absolute Gasteiger partial charge is 0.221 e. The van der Waals surface area contributed by atoms with E-state index in [9.17, 15) is 0 Å². The van der Waals surface area contributed by atoms with Gasteiger partial charge in [0.05, 0.1) is 0 Å². The van der Waals surface area contributed by atoms with Crippen LogP contribution in [0.1, 0.15) is 11.1 Å². The minimum atomic E-state index is -0.0290. The zero-order chi connectivity index (χ0) is 8.67. The Morgan fingerprint density at radius 2 is 2.23 bits per heavy atom. The van der Waals surface area contributed by atoms with E-state index in [1.54, 1.807) is 0 Å². The second-order valence-electron chi connectivity index (χ2n) is 3.18. The fourth-order valence-electron chi connectivity index (χ4n) is 1.72. The van der Waals surface area contributed by atoms with Crippen LogP contribution in [-0.4, -0.2) is 18.9 Å². The number of ether oxygens (including phenoxy) is 2. The summed E-state index contributed by atoms with van der Waals surface area (Å²) in [6, 6.07) is 8.16. The highest BCUT2D eigenvalue weighted by Crippen LogP contribution is 2.23. The summed E-state index contributed by atoms with van der Waals surface area (Å²) in [6.45, 7) is 0.331. The molecule has 0 saturated heterocycles. The van der Waals surface area contributed by atoms with Crippen LogP contribution in [0.3, 0.4) is 0 Å². The highest BCUT2D eigenvalue weighted by molar-refractivity contribution is 5.96. The van der Waals surface area contributed by atoms with Gasteiger partial charge in [-0.15, -0.1) is 0 Å². The van der Waals surface area contributed by atoms with E-state index >= 15 is 0 Å². The number of benzene rings is 1. The summed E-state index contributed by atoms with van der Waals surface area (Å²) in [6.07, 6.45) is 0.835. The molecule has 2 aliphatic heterocycles. The highest BCUT2D eigenvalue weighted by atomic mass is 16.7. The molecule has 1 atom stereocenters. The maximum Gasteiger partial charge on any atom is 0.221 e. The predicted octanol–water partition coefficient (Wildman–Crippen LogP) is 1.32. The van der Waals surface area contributed by atoms with Crippen molar-refractivity contribution >= 4 is 5.90 Å². The summed E-state index contributed by atoms with van der Waals surface area (Å²) in [5, 5.41) is 0. The van der Waals surface area contributed by atoms with Crippen molar-refractivity contribution in [3.8, 4) is 0 Å². The number of rotatable bonds is 0. The lowest BCUT2D eigenvalue weighted by Crippen LogP contribution is -2.31. The number of nitrogens with zero attached hydrogens (tertiary/aromatic N) is 1. The summed E-state index contributed by atoms with van der Waals surface area (Å²) >= 11 is 0. The van der Waals surface area contributed by atoms with Crippen LogP contribution in [0, 0.1) is 0 Å². The van der Waals surface area contributed by atoms with Gasteiger partial charge in [0.25, 0.3) is 0 Å². The Balaban J connectivity index is 2.15. The van der Waals surface area contributed by atoms with Crippen LogP contribution in [0.5, 0.6) is 0 Å². The Morgan fingerprint density at radius 1 is 1.31 bits per heavy atom. The molecule has 13 heavy (non-hydrogen) atoms. The second kappa shape index (κ2) is 2.57. The van der Waals surface area contributed by atoms with Gasteiger partial charge in [0, 0.05) is 12.0 Å². The Bertz CT molecular complexity index is 373. The molecule has 66 valence electrons. The summed E-state index contributed by atoms with van der Waals surface area (Å²) in [5.74, 6) is 0.734. The lowest BCUT2D eigenvalue weighted by atomic mass is 10.0. The molecule has 0 fully saturated rings. The van der Waals surface area contributed by atoms with Crippen LogP contribution in [0.4, 0.5) is 0 Å². The largest absolute Gasteiger partial charge is 0.450 e. The average Bonchev–Trinajstić information content (AvgIpc) is 2.18. The molecule has 0 aromatic heterocycles. The molecular formula is C10H9NO2. The highest BCUT2D eigenvalue weighted by Gasteiger charge is 2.25. The predicted molar refractivity (Wildman–Crippen MR) is 47.5 cm³/mol. The summed E-state index contributed by atoms with van der Waals surface area (Å²) in [5.41, 5.74) is 2.37. The van der Waals surface area contributed by atoms with E-state index in [0.29, 0.717) is 6.79 Å². The van der Waals surface area contributed by atoms with E-state index in [0.717, 1.165) is 17.9 Å². The number of fused-ring (bicyclic) bond motifs is 3. The molecular weight excluding hydrogens is 166 g/mol. The monoisotopic (exact) mass is 175 g/mol. The number of aliphatic imine (C=N–C) groups is 1. The fourth-order valence-corrected chi connectivity index (χ4v) is 1.72. The summed E-state index contributed by atoms with van der Waals surface area (Å²) in [4.78, 5) is 4.30. The van der Waals surface area contributed by atoms with E-state index in [1.807, 2.05) is 18.2 Å². The van der Waals surface area contributed by atoms with Crippen molar-refractivity contribution < 1.29 is 9.47 Å². The molecule has 0 radical (unpaired) electrons. The molecule has 3 heteroatoms. The van der Waals surface area contributed by atoms with E-state index < -0.39 is 0 Å². The first-order valence-electron chi connectivity index (χ1n) is 4.34. The second-order valence-corrected chi connectivity index (χ2v) is 3.18. The zero-order valence-electron chi connectivity index (χ0n) is 7.06. The first-order chi connectivity index (χ1) is 6.43. The van der Waals surface area contributed by atoms with Crippen LogP contribution in [-0.2, 0) is 15.9 Å². The van der Waals surface area contributed by atoms with E-state index in [-0.39, 0.29) is 6.23 Å². The van der Waals surface area contributed by atoms with Gasteiger partial charge in [-0.05, 0) is 11.6 Å². The Labute approximate surface area is 76.0 Å². The van der Waals surface area contributed by atoms with Crippen LogP contribution >= 0.6 is 0 Å². The molecule has 1 unspecified atom stereocenters. The topological polar surface area (TPSA) is 30.8 Å². The quantitative estimate of drug-likeness (QED) is 0.595. The molecule has 1 aromatic rings. The Kier molecular flexibility index (Phi) is 1.40. The van der Waals surface area contributed by atoms with Gasteiger partial charge in [-0.2, -0.15) is 0 Å². The lowest BCUT2D eigenvalue weighted by molar-refractivity contribution is -0.0601. The molecule has 3 rings (SSSR count). The molecule has 2 heterocycles. The summed E-state index contributed by atoms with van der Waals surface area (Å²) < 4.78 is 10.6. The molecule has 0 amide bonds. The third-order valence-corrected chi connectivity index (χ3v) is 2.36. The van der Waals surface area contributed by atoms with E-state index in [1.165, 1.54) is 5.56 Å². The third-order valence-electron chi connectivity index (χ3n) is 2.36. The molecule has 3 nitrogen and oxygen atoms in total. The Hall–Kier alpha value is -1.35. The molecule has 0 N–H and O–H groups in total. The van der Waals surface area contributed by atoms with Gasteiger partial charge < -0.3 is 9.47 Å². The minimum Gasteiger partial charge on any atom is -0.450 e. The van der Waals surface area contributed by atoms with Crippen molar-refractivity contribution in [1.82, 2.24) is 0 Å². The maximum absolute atomic E-state index is 5.30. The first-order valence-corrected chi connectivity index (χ1v) is 4.34. The SMILES string of the molecule is c1ccc2c(c1)CC1N=C2OCO1. The fraction of sp³-hybridized carbons (Fsp3) is 0.300. The van der Waals surface area contributed by atoms with E-state index in [2.05, 4.69) is 11.1 Å². The van der Waals surface area contributed by atoms with Crippen molar-refractivity contribution in [3.63, 3.8) is 0 Å². The maximum atomic E-state index is 5.30. The Morgan fingerprint density at radius 3 is 3.23 bits per heavy atom. The van der Waals surface area contributed by atoms with Gasteiger partial charge in [0.1, 0.15) is 0 Å². The minimum absolute atomic E-state index is 0.0290. The molecule has 1 aromatic carbocycles. The van der Waals surface area contributed by atoms with Gasteiger partial charge in [-0.3, -0.25) is 0 Å². The van der Waals surface area contributed by atoms with Crippen molar-refractivity contribution in [2.24, 2.45) is 4.99 Å². The molecule has 0 saturated carbocycles. The molecule has 0 spiro atoms. The van der Waals surface area contributed by atoms with Gasteiger partial charge in [0.15, 0.2) is 13.0 Å². The normalized spacial score (nSPS) is 24.3. The van der Waals surface area contributed by atoms with Crippen LogP contribution in [0.15, 0.2) is 29.3 Å². The van der Waals surface area contributed by atoms with Crippen molar-refractivity contribution in [2.75, 3.05) is 6.79 Å². The molecule has 0 aliphatic carbocycles. The van der Waals surface area contributed by atoms with Crippen LogP contribution in [0.2, 0.25) is 0 Å². The standard InChI is InChI=1S/C10H9NO2/c1-2-4-8-7(3-1)5-9-11-10(8)13-6-12-9/h1-4,9H,5-6H2. The number of hydrogen-bond acceptors (Lipinski definition) is 3.